The summed E-state index contributed by atoms with van der Waals surface area (Å²) < 4.78 is 23.3. The van der Waals surface area contributed by atoms with Crippen molar-refractivity contribution in [2.24, 2.45) is 11.3 Å². The van der Waals surface area contributed by atoms with Crippen LogP contribution in [0.5, 0.6) is 0 Å². The second kappa shape index (κ2) is 3.70. The molecule has 1 aliphatic carbocycles. The molecule has 2 fully saturated rings. The van der Waals surface area contributed by atoms with Gasteiger partial charge in [0.05, 0.1) is 11.5 Å². The maximum atomic E-state index is 11.6. The van der Waals surface area contributed by atoms with Gasteiger partial charge in [-0.05, 0) is 57.9 Å². The lowest BCUT2D eigenvalue weighted by atomic mass is 9.99. The smallest absolute Gasteiger partial charge is 0.150 e. The topological polar surface area (TPSA) is 46.2 Å². The van der Waals surface area contributed by atoms with E-state index in [1.165, 1.54) is 0 Å². The summed E-state index contributed by atoms with van der Waals surface area (Å²) in [5.41, 5.74) is 0.284. The fourth-order valence-corrected chi connectivity index (χ4v) is 4.96. The van der Waals surface area contributed by atoms with Gasteiger partial charge in [0.1, 0.15) is 0 Å². The number of sulfone groups is 1. The Morgan fingerprint density at radius 3 is 2.62 bits per heavy atom. The Bertz CT molecular complexity index is 369. The van der Waals surface area contributed by atoms with Crippen molar-refractivity contribution in [3.8, 4) is 0 Å². The first-order valence-electron chi connectivity index (χ1n) is 6.18. The molecule has 0 aromatic carbocycles. The van der Waals surface area contributed by atoms with Crippen molar-refractivity contribution in [2.75, 3.05) is 18.1 Å². The van der Waals surface area contributed by atoms with E-state index in [-0.39, 0.29) is 11.0 Å². The molecule has 0 bridgehead atoms. The Labute approximate surface area is 98.9 Å². The zero-order valence-corrected chi connectivity index (χ0v) is 11.4. The van der Waals surface area contributed by atoms with Gasteiger partial charge in [-0.1, -0.05) is 0 Å². The average Bonchev–Trinajstić information content (AvgIpc) is 2.71. The normalized spacial score (nSPS) is 37.6. The SMILES string of the molecule is CC(C)(C)NCC1CC12CCCS(=O)(=O)C2. The molecule has 1 aliphatic heterocycles. The van der Waals surface area contributed by atoms with Crippen LogP contribution >= 0.6 is 0 Å². The van der Waals surface area contributed by atoms with E-state index in [9.17, 15) is 8.42 Å². The van der Waals surface area contributed by atoms with Gasteiger partial charge in [0.2, 0.25) is 0 Å². The minimum atomic E-state index is -2.74. The van der Waals surface area contributed by atoms with Gasteiger partial charge >= 0.3 is 0 Å². The van der Waals surface area contributed by atoms with Crippen LogP contribution in [0.25, 0.3) is 0 Å². The van der Waals surface area contributed by atoms with Crippen molar-refractivity contribution < 1.29 is 8.42 Å². The third-order valence-corrected chi connectivity index (χ3v) is 5.80. The molecule has 2 aliphatic rings. The average molecular weight is 245 g/mol. The molecule has 0 radical (unpaired) electrons. The maximum Gasteiger partial charge on any atom is 0.150 e. The highest BCUT2D eigenvalue weighted by Gasteiger charge is 2.56. The lowest BCUT2D eigenvalue weighted by Crippen LogP contribution is -2.38. The van der Waals surface area contributed by atoms with E-state index in [4.69, 9.17) is 0 Å². The summed E-state index contributed by atoms with van der Waals surface area (Å²) >= 11 is 0. The van der Waals surface area contributed by atoms with Crippen LogP contribution in [0.15, 0.2) is 0 Å². The number of hydrogen-bond acceptors (Lipinski definition) is 3. The van der Waals surface area contributed by atoms with Gasteiger partial charge in [0.15, 0.2) is 9.84 Å². The molecule has 1 spiro atoms. The molecule has 1 saturated carbocycles. The van der Waals surface area contributed by atoms with Crippen LogP contribution in [-0.4, -0.2) is 32.0 Å². The van der Waals surface area contributed by atoms with E-state index in [1.807, 2.05) is 0 Å². The molecule has 2 atom stereocenters. The van der Waals surface area contributed by atoms with Crippen molar-refractivity contribution in [2.45, 2.75) is 45.6 Å². The van der Waals surface area contributed by atoms with E-state index in [0.29, 0.717) is 17.4 Å². The lowest BCUT2D eigenvalue weighted by Gasteiger charge is -2.25. The molecular formula is C12H23NO2S. The van der Waals surface area contributed by atoms with Crippen LogP contribution in [0, 0.1) is 11.3 Å². The molecule has 2 unspecified atom stereocenters. The number of hydrogen-bond donors (Lipinski definition) is 1. The summed E-state index contributed by atoms with van der Waals surface area (Å²) in [6, 6.07) is 0. The third-order valence-electron chi connectivity index (χ3n) is 3.87. The molecular weight excluding hydrogens is 222 g/mol. The Hall–Kier alpha value is -0.0900. The Balaban J connectivity index is 1.89. The molecule has 2 rings (SSSR count). The minimum absolute atomic E-state index is 0.136. The van der Waals surface area contributed by atoms with Gasteiger partial charge in [-0.15, -0.1) is 0 Å². The molecule has 94 valence electrons. The summed E-state index contributed by atoms with van der Waals surface area (Å²) in [5, 5.41) is 3.49. The lowest BCUT2D eigenvalue weighted by molar-refractivity contribution is 0.372. The van der Waals surface area contributed by atoms with Gasteiger partial charge < -0.3 is 5.32 Å². The van der Waals surface area contributed by atoms with E-state index >= 15 is 0 Å². The zero-order chi connectivity index (χ0) is 12.0. The third kappa shape index (κ3) is 2.77. The van der Waals surface area contributed by atoms with Crippen molar-refractivity contribution in [3.63, 3.8) is 0 Å². The van der Waals surface area contributed by atoms with E-state index in [1.54, 1.807) is 0 Å². The molecule has 16 heavy (non-hydrogen) atoms. The predicted molar refractivity (Wildman–Crippen MR) is 66.2 cm³/mol. The first-order valence-corrected chi connectivity index (χ1v) is 8.00. The first-order chi connectivity index (χ1) is 7.23. The fourth-order valence-electron chi connectivity index (χ4n) is 2.86. The van der Waals surface area contributed by atoms with Crippen LogP contribution in [0.2, 0.25) is 0 Å². The Morgan fingerprint density at radius 2 is 2.06 bits per heavy atom. The van der Waals surface area contributed by atoms with E-state index in [2.05, 4.69) is 26.1 Å². The van der Waals surface area contributed by atoms with E-state index in [0.717, 1.165) is 25.8 Å². The van der Waals surface area contributed by atoms with Crippen molar-refractivity contribution in [1.29, 1.82) is 0 Å². The largest absolute Gasteiger partial charge is 0.312 e. The predicted octanol–water partition coefficient (Wildman–Crippen LogP) is 1.59. The fraction of sp³-hybridized carbons (Fsp3) is 1.00. The van der Waals surface area contributed by atoms with Crippen molar-refractivity contribution >= 4 is 9.84 Å². The van der Waals surface area contributed by atoms with Crippen molar-refractivity contribution in [3.05, 3.63) is 0 Å². The molecule has 1 N–H and O–H groups in total. The Kier molecular flexibility index (Phi) is 2.86. The maximum absolute atomic E-state index is 11.6. The molecule has 0 aromatic rings. The summed E-state index contributed by atoms with van der Waals surface area (Å²) in [5.74, 6) is 1.44. The summed E-state index contributed by atoms with van der Waals surface area (Å²) in [4.78, 5) is 0. The van der Waals surface area contributed by atoms with Crippen LogP contribution in [0.3, 0.4) is 0 Å². The standard InChI is InChI=1S/C12H23NO2S/c1-11(2,3)13-8-10-7-12(10)5-4-6-16(14,15)9-12/h10,13H,4-9H2,1-3H3. The van der Waals surface area contributed by atoms with Gasteiger partial charge in [0, 0.05) is 5.54 Å². The zero-order valence-electron chi connectivity index (χ0n) is 10.5. The summed E-state index contributed by atoms with van der Waals surface area (Å²) in [6.45, 7) is 7.43. The summed E-state index contributed by atoms with van der Waals surface area (Å²) in [7, 11) is -2.74. The number of nitrogens with one attached hydrogen (secondary N) is 1. The number of rotatable bonds is 2. The van der Waals surface area contributed by atoms with Gasteiger partial charge in [-0.3, -0.25) is 0 Å². The molecule has 1 heterocycles. The van der Waals surface area contributed by atoms with Gasteiger partial charge in [-0.25, -0.2) is 8.42 Å². The molecule has 4 heteroatoms. The molecule has 3 nitrogen and oxygen atoms in total. The van der Waals surface area contributed by atoms with Crippen LogP contribution in [-0.2, 0) is 9.84 Å². The van der Waals surface area contributed by atoms with Crippen molar-refractivity contribution in [1.82, 2.24) is 5.32 Å². The van der Waals surface area contributed by atoms with Crippen LogP contribution in [0.4, 0.5) is 0 Å². The molecule has 1 saturated heterocycles. The van der Waals surface area contributed by atoms with Crippen LogP contribution < -0.4 is 5.32 Å². The highest BCUT2D eigenvalue weighted by molar-refractivity contribution is 7.91. The van der Waals surface area contributed by atoms with E-state index < -0.39 is 9.84 Å². The Morgan fingerprint density at radius 1 is 1.38 bits per heavy atom. The second-order valence-corrected chi connectivity index (χ2v) is 8.77. The summed E-state index contributed by atoms with van der Waals surface area (Å²) in [6.07, 6.45) is 3.09. The van der Waals surface area contributed by atoms with Crippen LogP contribution in [0.1, 0.15) is 40.0 Å². The first kappa shape index (κ1) is 12.4. The quantitative estimate of drug-likeness (QED) is 0.803. The van der Waals surface area contributed by atoms with Gasteiger partial charge in [-0.2, -0.15) is 0 Å². The molecule has 0 aromatic heterocycles. The monoisotopic (exact) mass is 245 g/mol. The second-order valence-electron chi connectivity index (χ2n) is 6.59. The van der Waals surface area contributed by atoms with Gasteiger partial charge in [0.25, 0.3) is 0 Å². The minimum Gasteiger partial charge on any atom is -0.312 e. The highest BCUT2D eigenvalue weighted by Crippen LogP contribution is 2.58. The highest BCUT2D eigenvalue weighted by atomic mass is 32.2. The molecule has 0 amide bonds.